The SMILES string of the molecule is COc1cccc(CN(C(=O)CN(c2cccc(Br)c2)S(C)(=O)=O)C(C)C(=O)NC(C)C)c1. The highest BCUT2D eigenvalue weighted by Gasteiger charge is 2.30. The largest absolute Gasteiger partial charge is 0.497 e. The van der Waals surface area contributed by atoms with Gasteiger partial charge in [0.15, 0.2) is 0 Å². The third-order valence-corrected chi connectivity index (χ3v) is 6.49. The fourth-order valence-corrected chi connectivity index (χ4v) is 4.43. The second kappa shape index (κ2) is 11.5. The number of hydrogen-bond donors (Lipinski definition) is 1. The number of carbonyl (C=O) groups is 2. The lowest BCUT2D eigenvalue weighted by molar-refractivity contribution is -0.139. The molecule has 0 bridgehead atoms. The van der Waals surface area contributed by atoms with Gasteiger partial charge in [0, 0.05) is 17.1 Å². The molecule has 0 aromatic heterocycles. The van der Waals surface area contributed by atoms with Crippen molar-refractivity contribution in [2.24, 2.45) is 0 Å². The van der Waals surface area contributed by atoms with Crippen LogP contribution in [0.3, 0.4) is 0 Å². The Morgan fingerprint density at radius 3 is 2.33 bits per heavy atom. The van der Waals surface area contributed by atoms with Crippen LogP contribution in [0, 0.1) is 0 Å². The highest BCUT2D eigenvalue weighted by Crippen LogP contribution is 2.23. The van der Waals surface area contributed by atoms with Gasteiger partial charge in [-0.1, -0.05) is 34.1 Å². The predicted molar refractivity (Wildman–Crippen MR) is 133 cm³/mol. The molecule has 2 aromatic rings. The van der Waals surface area contributed by atoms with Crippen LogP contribution in [0.2, 0.25) is 0 Å². The lowest BCUT2D eigenvalue weighted by atomic mass is 10.1. The van der Waals surface area contributed by atoms with E-state index in [0.717, 1.165) is 16.1 Å². The molecule has 1 atom stereocenters. The van der Waals surface area contributed by atoms with E-state index in [9.17, 15) is 18.0 Å². The number of hydrogen-bond acceptors (Lipinski definition) is 5. The van der Waals surface area contributed by atoms with E-state index in [-0.39, 0.29) is 18.5 Å². The molecule has 0 saturated heterocycles. The highest BCUT2D eigenvalue weighted by molar-refractivity contribution is 9.10. The van der Waals surface area contributed by atoms with E-state index in [1.54, 1.807) is 56.5 Å². The molecule has 1 unspecified atom stereocenters. The van der Waals surface area contributed by atoms with Crippen molar-refractivity contribution in [1.29, 1.82) is 0 Å². The number of benzene rings is 2. The average molecular weight is 540 g/mol. The first kappa shape index (κ1) is 26.7. The minimum Gasteiger partial charge on any atom is -0.497 e. The Hall–Kier alpha value is -2.59. The molecular formula is C23H30BrN3O5S. The van der Waals surface area contributed by atoms with Crippen molar-refractivity contribution < 1.29 is 22.7 Å². The van der Waals surface area contributed by atoms with Gasteiger partial charge in [-0.2, -0.15) is 0 Å². The van der Waals surface area contributed by atoms with Crippen LogP contribution in [0.4, 0.5) is 5.69 Å². The summed E-state index contributed by atoms with van der Waals surface area (Å²) in [5.74, 6) is -0.213. The Kier molecular flexibility index (Phi) is 9.30. The van der Waals surface area contributed by atoms with Gasteiger partial charge in [-0.15, -0.1) is 0 Å². The third-order valence-electron chi connectivity index (χ3n) is 4.86. The monoisotopic (exact) mass is 539 g/mol. The molecule has 0 aliphatic carbocycles. The molecule has 0 aliphatic rings. The zero-order chi connectivity index (χ0) is 24.8. The van der Waals surface area contributed by atoms with Gasteiger partial charge >= 0.3 is 0 Å². The quantitative estimate of drug-likeness (QED) is 0.500. The fraction of sp³-hybridized carbons (Fsp3) is 0.391. The summed E-state index contributed by atoms with van der Waals surface area (Å²) < 4.78 is 32.0. The van der Waals surface area contributed by atoms with Gasteiger partial charge in [-0.05, 0) is 56.7 Å². The summed E-state index contributed by atoms with van der Waals surface area (Å²) in [6, 6.07) is 12.9. The number of methoxy groups -OCH3 is 1. The molecule has 180 valence electrons. The van der Waals surface area contributed by atoms with Crippen molar-refractivity contribution in [2.45, 2.75) is 39.4 Å². The predicted octanol–water partition coefficient (Wildman–Crippen LogP) is 3.17. The maximum atomic E-state index is 13.4. The molecule has 8 nitrogen and oxygen atoms in total. The molecule has 0 aliphatic heterocycles. The Morgan fingerprint density at radius 2 is 1.76 bits per heavy atom. The zero-order valence-electron chi connectivity index (χ0n) is 19.4. The minimum atomic E-state index is -3.77. The van der Waals surface area contributed by atoms with E-state index in [2.05, 4.69) is 21.2 Å². The average Bonchev–Trinajstić information content (AvgIpc) is 2.74. The molecule has 2 rings (SSSR count). The van der Waals surface area contributed by atoms with Gasteiger partial charge < -0.3 is 15.0 Å². The first-order valence-electron chi connectivity index (χ1n) is 10.4. The van der Waals surface area contributed by atoms with Crippen LogP contribution in [0.1, 0.15) is 26.3 Å². The number of nitrogens with zero attached hydrogens (tertiary/aromatic N) is 2. The molecule has 0 fully saturated rings. The van der Waals surface area contributed by atoms with Crippen molar-refractivity contribution in [3.8, 4) is 5.75 Å². The van der Waals surface area contributed by atoms with Crippen molar-refractivity contribution in [2.75, 3.05) is 24.2 Å². The number of nitrogens with one attached hydrogen (secondary N) is 1. The van der Waals surface area contributed by atoms with Crippen molar-refractivity contribution >= 4 is 43.5 Å². The summed E-state index contributed by atoms with van der Waals surface area (Å²) in [6.07, 6.45) is 1.04. The first-order valence-corrected chi connectivity index (χ1v) is 13.0. The van der Waals surface area contributed by atoms with Crippen LogP contribution in [-0.2, 0) is 26.2 Å². The maximum absolute atomic E-state index is 13.4. The van der Waals surface area contributed by atoms with E-state index in [1.807, 2.05) is 19.9 Å². The van der Waals surface area contributed by atoms with Crippen molar-refractivity contribution in [3.05, 3.63) is 58.6 Å². The van der Waals surface area contributed by atoms with Gasteiger partial charge in [0.1, 0.15) is 18.3 Å². The summed E-state index contributed by atoms with van der Waals surface area (Å²) in [5, 5.41) is 2.81. The summed E-state index contributed by atoms with van der Waals surface area (Å²) in [6.45, 7) is 4.95. The van der Waals surface area contributed by atoms with Gasteiger partial charge in [-0.3, -0.25) is 13.9 Å². The van der Waals surface area contributed by atoms with E-state index in [0.29, 0.717) is 15.9 Å². The minimum absolute atomic E-state index is 0.108. The van der Waals surface area contributed by atoms with Crippen molar-refractivity contribution in [3.63, 3.8) is 0 Å². The number of amides is 2. The number of carbonyl (C=O) groups excluding carboxylic acids is 2. The molecule has 1 N–H and O–H groups in total. The van der Waals surface area contributed by atoms with Gasteiger partial charge in [0.05, 0.1) is 19.1 Å². The normalized spacial score (nSPS) is 12.2. The Balaban J connectivity index is 2.40. The Bertz CT molecular complexity index is 1090. The van der Waals surface area contributed by atoms with E-state index >= 15 is 0 Å². The van der Waals surface area contributed by atoms with Crippen LogP contribution in [0.15, 0.2) is 53.0 Å². The molecule has 0 spiro atoms. The molecule has 0 heterocycles. The summed E-state index contributed by atoms with van der Waals surface area (Å²) in [5.41, 5.74) is 1.10. The van der Waals surface area contributed by atoms with Crippen LogP contribution >= 0.6 is 15.9 Å². The smallest absolute Gasteiger partial charge is 0.244 e. The standard InChI is InChI=1S/C23H30BrN3O5S/c1-16(2)25-23(29)17(3)26(14-18-8-6-11-21(12-18)32-4)22(28)15-27(33(5,30)31)20-10-7-9-19(24)13-20/h6-13,16-17H,14-15H2,1-5H3,(H,25,29). The van der Waals surface area contributed by atoms with Crippen LogP contribution in [0.25, 0.3) is 0 Å². The van der Waals surface area contributed by atoms with E-state index in [1.165, 1.54) is 4.90 Å². The molecule has 2 aromatic carbocycles. The van der Waals surface area contributed by atoms with Crippen molar-refractivity contribution in [1.82, 2.24) is 10.2 Å². The number of rotatable bonds is 10. The van der Waals surface area contributed by atoms with Gasteiger partial charge in [-0.25, -0.2) is 8.42 Å². The molecule has 33 heavy (non-hydrogen) atoms. The molecule has 0 radical (unpaired) electrons. The summed E-state index contributed by atoms with van der Waals surface area (Å²) in [4.78, 5) is 27.6. The number of halogens is 1. The van der Waals surface area contributed by atoms with Crippen LogP contribution < -0.4 is 14.4 Å². The Labute approximate surface area is 204 Å². The second-order valence-electron chi connectivity index (χ2n) is 7.96. The fourth-order valence-electron chi connectivity index (χ4n) is 3.20. The van der Waals surface area contributed by atoms with E-state index in [4.69, 9.17) is 4.74 Å². The van der Waals surface area contributed by atoms with Crippen LogP contribution in [-0.4, -0.2) is 57.1 Å². The molecule has 2 amide bonds. The highest BCUT2D eigenvalue weighted by atomic mass is 79.9. The lowest BCUT2D eigenvalue weighted by Gasteiger charge is -2.32. The van der Waals surface area contributed by atoms with Gasteiger partial charge in [0.25, 0.3) is 0 Å². The van der Waals surface area contributed by atoms with Crippen LogP contribution in [0.5, 0.6) is 5.75 Å². The molecular weight excluding hydrogens is 510 g/mol. The zero-order valence-corrected chi connectivity index (χ0v) is 21.8. The van der Waals surface area contributed by atoms with Gasteiger partial charge in [0.2, 0.25) is 21.8 Å². The number of ether oxygens (including phenoxy) is 1. The number of anilines is 1. The lowest BCUT2D eigenvalue weighted by Crippen LogP contribution is -2.52. The third kappa shape index (κ3) is 7.75. The molecule has 10 heteroatoms. The van der Waals surface area contributed by atoms with E-state index < -0.39 is 28.5 Å². The summed E-state index contributed by atoms with van der Waals surface area (Å²) >= 11 is 3.33. The second-order valence-corrected chi connectivity index (χ2v) is 10.8. The topological polar surface area (TPSA) is 96.0 Å². The first-order chi connectivity index (χ1) is 15.4. The number of sulfonamides is 1. The molecule has 0 saturated carbocycles. The Morgan fingerprint density at radius 1 is 1.09 bits per heavy atom. The summed E-state index contributed by atoms with van der Waals surface area (Å²) in [7, 11) is -2.22. The maximum Gasteiger partial charge on any atom is 0.244 e.